The van der Waals surface area contributed by atoms with E-state index in [9.17, 15) is 4.57 Å². The van der Waals surface area contributed by atoms with Crippen molar-refractivity contribution in [3.05, 3.63) is 21.1 Å². The quantitative estimate of drug-likeness (QED) is 0.564. The highest BCUT2D eigenvalue weighted by molar-refractivity contribution is 9.11. The molecule has 5 nitrogen and oxygen atoms in total. The van der Waals surface area contributed by atoms with Crippen LogP contribution in [0, 0.1) is 0 Å². The molecule has 1 rings (SSSR count). The van der Waals surface area contributed by atoms with Crippen LogP contribution in [-0.4, -0.2) is 9.79 Å². The molecule has 0 amide bonds. The van der Waals surface area contributed by atoms with E-state index in [1.54, 1.807) is 0 Å². The van der Waals surface area contributed by atoms with Gasteiger partial charge < -0.3 is 10.3 Å². The largest absolute Gasteiger partial charge is 0.524 e. The molecule has 0 fully saturated rings. The monoisotopic (exact) mass is 345 g/mol. The number of phosphoric acid groups is 1. The summed E-state index contributed by atoms with van der Waals surface area (Å²) in [5, 5.41) is 0. The highest BCUT2D eigenvalue weighted by Crippen LogP contribution is 2.45. The molecule has 0 aliphatic rings. The number of hydrogen-bond donors (Lipinski definition) is 3. The number of rotatable bonds is 2. The number of nitrogen functional groups attached to an aromatic ring is 1. The lowest BCUT2D eigenvalue weighted by molar-refractivity contribution is 0.282. The second-order valence-electron chi connectivity index (χ2n) is 2.40. The maximum Gasteiger partial charge on any atom is 0.524 e. The van der Waals surface area contributed by atoms with Gasteiger partial charge in [-0.3, -0.25) is 9.79 Å². The lowest BCUT2D eigenvalue weighted by atomic mass is 10.3. The molecule has 0 aliphatic carbocycles. The van der Waals surface area contributed by atoms with Gasteiger partial charge >= 0.3 is 7.82 Å². The van der Waals surface area contributed by atoms with Crippen LogP contribution in [0.4, 0.5) is 5.69 Å². The predicted molar refractivity (Wildman–Crippen MR) is 58.9 cm³/mol. The summed E-state index contributed by atoms with van der Waals surface area (Å²) in [6.07, 6.45) is 0. The van der Waals surface area contributed by atoms with Crippen molar-refractivity contribution in [3.8, 4) is 5.75 Å². The third kappa shape index (κ3) is 3.25. The molecule has 0 radical (unpaired) electrons. The van der Waals surface area contributed by atoms with Crippen LogP contribution < -0.4 is 10.3 Å². The fourth-order valence-electron chi connectivity index (χ4n) is 0.786. The molecule has 0 heterocycles. The maximum atomic E-state index is 10.6. The Labute approximate surface area is 96.8 Å². The number of halogens is 2. The number of nitrogens with two attached hydrogens (primary N) is 1. The Kier molecular flexibility index (Phi) is 3.60. The Morgan fingerprint density at radius 3 is 2.07 bits per heavy atom. The molecule has 0 atom stereocenters. The Hall–Kier alpha value is -0.0700. The first-order chi connectivity index (χ1) is 6.29. The third-order valence-corrected chi connectivity index (χ3v) is 2.83. The zero-order valence-corrected chi connectivity index (χ0v) is 10.7. The van der Waals surface area contributed by atoms with E-state index in [2.05, 4.69) is 36.4 Å². The second kappa shape index (κ2) is 4.20. The van der Waals surface area contributed by atoms with Crippen molar-refractivity contribution in [2.45, 2.75) is 0 Å². The number of benzene rings is 1. The van der Waals surface area contributed by atoms with Crippen molar-refractivity contribution in [1.29, 1.82) is 0 Å². The van der Waals surface area contributed by atoms with Crippen molar-refractivity contribution in [1.82, 2.24) is 0 Å². The van der Waals surface area contributed by atoms with E-state index in [0.29, 0.717) is 14.6 Å². The first kappa shape index (κ1) is 12.0. The first-order valence-electron chi connectivity index (χ1n) is 3.29. The average molecular weight is 347 g/mol. The number of anilines is 1. The van der Waals surface area contributed by atoms with Gasteiger partial charge in [-0.15, -0.1) is 0 Å². The van der Waals surface area contributed by atoms with Crippen LogP contribution in [0.3, 0.4) is 0 Å². The minimum absolute atomic E-state index is 0.0209. The summed E-state index contributed by atoms with van der Waals surface area (Å²) in [6.45, 7) is 0. The van der Waals surface area contributed by atoms with E-state index in [1.165, 1.54) is 12.1 Å². The molecule has 8 heteroatoms. The summed E-state index contributed by atoms with van der Waals surface area (Å²) in [6, 6.07) is 2.96. The van der Waals surface area contributed by atoms with E-state index in [-0.39, 0.29) is 5.75 Å². The fourth-order valence-corrected chi connectivity index (χ4v) is 2.85. The molecule has 4 N–H and O–H groups in total. The summed E-state index contributed by atoms with van der Waals surface area (Å²) < 4.78 is 15.8. The molecule has 0 unspecified atom stereocenters. The zero-order chi connectivity index (χ0) is 10.9. The Bertz CT molecular complexity index is 382. The van der Waals surface area contributed by atoms with E-state index in [4.69, 9.17) is 15.5 Å². The molecular formula is C6H6Br2NO4P. The molecule has 0 saturated carbocycles. The smallest absolute Gasteiger partial charge is 0.402 e. The van der Waals surface area contributed by atoms with Crippen LogP contribution in [0.25, 0.3) is 0 Å². The topological polar surface area (TPSA) is 92.8 Å². The van der Waals surface area contributed by atoms with Gasteiger partial charge in [-0.1, -0.05) is 0 Å². The van der Waals surface area contributed by atoms with Crippen LogP contribution in [-0.2, 0) is 4.57 Å². The second-order valence-corrected chi connectivity index (χ2v) is 5.27. The van der Waals surface area contributed by atoms with Crippen LogP contribution in [0.15, 0.2) is 21.1 Å². The minimum Gasteiger partial charge on any atom is -0.402 e. The first-order valence-corrected chi connectivity index (χ1v) is 6.41. The van der Waals surface area contributed by atoms with E-state index >= 15 is 0 Å². The molecule has 1 aromatic carbocycles. The number of phosphoric ester groups is 1. The van der Waals surface area contributed by atoms with Crippen molar-refractivity contribution in [3.63, 3.8) is 0 Å². The molecule has 0 saturated heterocycles. The van der Waals surface area contributed by atoms with Crippen molar-refractivity contribution in [2.75, 3.05) is 5.73 Å². The molecular weight excluding hydrogens is 341 g/mol. The Morgan fingerprint density at radius 1 is 1.29 bits per heavy atom. The van der Waals surface area contributed by atoms with Crippen LogP contribution in [0.1, 0.15) is 0 Å². The van der Waals surface area contributed by atoms with Crippen LogP contribution in [0.5, 0.6) is 5.75 Å². The maximum absolute atomic E-state index is 10.6. The molecule has 1 aromatic rings. The summed E-state index contributed by atoms with van der Waals surface area (Å²) in [4.78, 5) is 17.2. The van der Waals surface area contributed by atoms with Gasteiger partial charge in [-0.2, -0.15) is 0 Å². The molecule has 0 aliphatic heterocycles. The summed E-state index contributed by atoms with van der Waals surface area (Å²) >= 11 is 6.14. The van der Waals surface area contributed by atoms with E-state index < -0.39 is 7.82 Å². The third-order valence-electron chi connectivity index (χ3n) is 1.23. The van der Waals surface area contributed by atoms with Gasteiger partial charge in [0.25, 0.3) is 0 Å². The van der Waals surface area contributed by atoms with E-state index in [1.807, 2.05) is 0 Å². The highest BCUT2D eigenvalue weighted by Gasteiger charge is 2.20. The summed E-state index contributed by atoms with van der Waals surface area (Å²) in [7, 11) is -4.56. The molecule has 0 aromatic heterocycles. The fraction of sp³-hybridized carbons (Fsp3) is 0. The van der Waals surface area contributed by atoms with Crippen LogP contribution >= 0.6 is 39.7 Å². The molecule has 0 bridgehead atoms. The highest BCUT2D eigenvalue weighted by atomic mass is 79.9. The SMILES string of the molecule is Nc1cc(Br)c(OP(=O)(O)O)c(Br)c1. The zero-order valence-electron chi connectivity index (χ0n) is 6.65. The molecule has 78 valence electrons. The van der Waals surface area contributed by atoms with Crippen molar-refractivity contribution in [2.24, 2.45) is 0 Å². The summed E-state index contributed by atoms with van der Waals surface area (Å²) in [5.41, 5.74) is 5.93. The lowest BCUT2D eigenvalue weighted by Crippen LogP contribution is -1.94. The van der Waals surface area contributed by atoms with Gasteiger partial charge in [0.1, 0.15) is 0 Å². The average Bonchev–Trinajstić information content (AvgIpc) is 1.95. The van der Waals surface area contributed by atoms with Gasteiger partial charge in [-0.25, -0.2) is 4.57 Å². The van der Waals surface area contributed by atoms with Gasteiger partial charge in [0, 0.05) is 5.69 Å². The Balaban J connectivity index is 3.15. The molecule has 0 spiro atoms. The normalized spacial score (nSPS) is 11.4. The van der Waals surface area contributed by atoms with Gasteiger partial charge in [0.05, 0.1) is 8.95 Å². The van der Waals surface area contributed by atoms with Crippen molar-refractivity contribution < 1.29 is 18.9 Å². The number of hydrogen-bond acceptors (Lipinski definition) is 3. The lowest BCUT2D eigenvalue weighted by Gasteiger charge is -2.10. The van der Waals surface area contributed by atoms with Gasteiger partial charge in [0.2, 0.25) is 0 Å². The van der Waals surface area contributed by atoms with Crippen LogP contribution in [0.2, 0.25) is 0 Å². The summed E-state index contributed by atoms with van der Waals surface area (Å²) in [5.74, 6) is 0.0209. The molecule has 14 heavy (non-hydrogen) atoms. The standard InChI is InChI=1S/C6H6Br2NO4P/c7-4-1-3(9)2-5(8)6(4)13-14(10,11)12/h1-2H,9H2,(H2,10,11,12). The minimum atomic E-state index is -4.56. The Morgan fingerprint density at radius 2 is 1.71 bits per heavy atom. The van der Waals surface area contributed by atoms with Gasteiger partial charge in [-0.05, 0) is 44.0 Å². The van der Waals surface area contributed by atoms with Gasteiger partial charge in [0.15, 0.2) is 5.75 Å². The van der Waals surface area contributed by atoms with E-state index in [0.717, 1.165) is 0 Å². The van der Waals surface area contributed by atoms with Crippen molar-refractivity contribution >= 4 is 45.4 Å². The predicted octanol–water partition coefficient (Wildman–Crippen LogP) is 2.27.